The van der Waals surface area contributed by atoms with Crippen molar-refractivity contribution in [3.63, 3.8) is 0 Å². The number of fused-ring (bicyclic) bond motifs is 3. The lowest BCUT2D eigenvalue weighted by Gasteiger charge is -2.35. The van der Waals surface area contributed by atoms with Gasteiger partial charge in [-0.15, -0.1) is 0 Å². The quantitative estimate of drug-likeness (QED) is 0.402. The number of pyridine rings is 1. The van der Waals surface area contributed by atoms with Gasteiger partial charge < -0.3 is 4.57 Å². The molecular weight excluding hydrogens is 408 g/mol. The summed E-state index contributed by atoms with van der Waals surface area (Å²) >= 11 is 6.09. The molecule has 0 aliphatic heterocycles. The fourth-order valence-electron chi connectivity index (χ4n) is 5.10. The normalized spacial score (nSPS) is 21.7. The zero-order valence-corrected chi connectivity index (χ0v) is 18.9. The Bertz CT molecular complexity index is 1320. The Balaban J connectivity index is 1.70. The van der Waals surface area contributed by atoms with Gasteiger partial charge in [-0.2, -0.15) is 5.10 Å². The van der Waals surface area contributed by atoms with Crippen molar-refractivity contribution in [1.82, 2.24) is 19.2 Å². The van der Waals surface area contributed by atoms with Gasteiger partial charge in [0.1, 0.15) is 0 Å². The van der Waals surface area contributed by atoms with E-state index in [9.17, 15) is 4.79 Å². The van der Waals surface area contributed by atoms with Crippen LogP contribution in [0.3, 0.4) is 0 Å². The Morgan fingerprint density at radius 1 is 1.13 bits per heavy atom. The van der Waals surface area contributed by atoms with E-state index in [2.05, 4.69) is 20.8 Å². The number of aromatic nitrogens is 4. The van der Waals surface area contributed by atoms with Gasteiger partial charge in [0, 0.05) is 29.0 Å². The zero-order chi connectivity index (χ0) is 21.7. The van der Waals surface area contributed by atoms with Crippen molar-refractivity contribution in [1.29, 1.82) is 0 Å². The SMILES string of the molecule is CCc1nn2c(ncc3c(=O)n([C@@H]4CCC[C@@H](C)[C@@H]4C)ccc32)c1-c1ccc(Cl)cc1. The lowest BCUT2D eigenvalue weighted by Crippen LogP contribution is -2.33. The lowest BCUT2D eigenvalue weighted by atomic mass is 9.78. The maximum atomic E-state index is 13.5. The van der Waals surface area contributed by atoms with Gasteiger partial charge in [0.25, 0.3) is 5.56 Å². The summed E-state index contributed by atoms with van der Waals surface area (Å²) in [7, 11) is 0. The van der Waals surface area contributed by atoms with Gasteiger partial charge in [0.05, 0.1) is 16.6 Å². The molecule has 160 valence electrons. The molecule has 31 heavy (non-hydrogen) atoms. The topological polar surface area (TPSA) is 52.2 Å². The Kier molecular flexibility index (Phi) is 5.09. The number of rotatable bonds is 3. The van der Waals surface area contributed by atoms with Crippen molar-refractivity contribution >= 4 is 28.2 Å². The van der Waals surface area contributed by atoms with Crippen LogP contribution in [0.5, 0.6) is 0 Å². The van der Waals surface area contributed by atoms with Crippen LogP contribution in [0, 0.1) is 11.8 Å². The van der Waals surface area contributed by atoms with E-state index in [0.717, 1.165) is 40.8 Å². The van der Waals surface area contributed by atoms with Crippen LogP contribution in [0.4, 0.5) is 0 Å². The van der Waals surface area contributed by atoms with Gasteiger partial charge in [-0.05, 0) is 48.4 Å². The minimum absolute atomic E-state index is 0.0273. The molecule has 4 aromatic rings. The highest BCUT2D eigenvalue weighted by Gasteiger charge is 2.29. The van der Waals surface area contributed by atoms with Crippen molar-refractivity contribution in [3.05, 3.63) is 63.8 Å². The van der Waals surface area contributed by atoms with E-state index < -0.39 is 0 Å². The molecule has 0 radical (unpaired) electrons. The standard InChI is InChI=1S/C25H27ClN4O/c1-4-20-23(17-8-10-18(26)11-9-17)24-27-14-19-22(30(24)28-20)12-13-29(25(19)31)21-7-5-6-15(2)16(21)3/h8-16,21H,4-7H2,1-3H3/t15-,16+,21-/m1/s1. The molecule has 1 aliphatic rings. The molecule has 0 bridgehead atoms. The molecule has 0 N–H and O–H groups in total. The molecule has 6 heteroatoms. The average molecular weight is 435 g/mol. The summed E-state index contributed by atoms with van der Waals surface area (Å²) in [5.41, 5.74) is 4.59. The minimum Gasteiger partial charge on any atom is -0.311 e. The molecule has 1 fully saturated rings. The molecule has 5 rings (SSSR count). The summed E-state index contributed by atoms with van der Waals surface area (Å²) < 4.78 is 3.76. The monoisotopic (exact) mass is 434 g/mol. The molecule has 3 atom stereocenters. The fraction of sp³-hybridized carbons (Fsp3) is 0.400. The first kappa shape index (κ1) is 20.3. The first-order chi connectivity index (χ1) is 15.0. The molecule has 0 unspecified atom stereocenters. The third-order valence-electron chi connectivity index (χ3n) is 7.10. The first-order valence-electron chi connectivity index (χ1n) is 11.2. The third-order valence-corrected chi connectivity index (χ3v) is 7.35. The Labute approximate surface area is 186 Å². The van der Waals surface area contributed by atoms with Crippen LogP contribution in [-0.2, 0) is 6.42 Å². The van der Waals surface area contributed by atoms with Gasteiger partial charge in [-0.25, -0.2) is 9.50 Å². The number of benzene rings is 1. The third kappa shape index (κ3) is 3.26. The smallest absolute Gasteiger partial charge is 0.261 e. The van der Waals surface area contributed by atoms with Crippen molar-refractivity contribution in [3.8, 4) is 11.1 Å². The molecule has 0 saturated heterocycles. The maximum Gasteiger partial charge on any atom is 0.261 e. The second-order valence-electron chi connectivity index (χ2n) is 8.84. The van der Waals surface area contributed by atoms with Crippen LogP contribution in [-0.4, -0.2) is 19.2 Å². The number of hydrogen-bond acceptors (Lipinski definition) is 3. The van der Waals surface area contributed by atoms with E-state index in [4.69, 9.17) is 21.7 Å². The van der Waals surface area contributed by atoms with Gasteiger partial charge in [-0.1, -0.05) is 57.3 Å². The second-order valence-corrected chi connectivity index (χ2v) is 9.27. The van der Waals surface area contributed by atoms with Crippen LogP contribution < -0.4 is 5.56 Å². The minimum atomic E-state index is 0.0273. The van der Waals surface area contributed by atoms with Crippen molar-refractivity contribution in [2.75, 3.05) is 0 Å². The summed E-state index contributed by atoms with van der Waals surface area (Å²) in [5, 5.41) is 6.16. The molecule has 3 aromatic heterocycles. The Hall–Kier alpha value is -2.66. The molecular formula is C25H27ClN4O. The molecule has 3 heterocycles. The fourth-order valence-corrected chi connectivity index (χ4v) is 5.22. The summed E-state index contributed by atoms with van der Waals surface area (Å²) in [4.78, 5) is 18.2. The summed E-state index contributed by atoms with van der Waals surface area (Å²) in [6.45, 7) is 6.65. The second kappa shape index (κ2) is 7.79. The van der Waals surface area contributed by atoms with Crippen molar-refractivity contribution in [2.45, 2.75) is 52.5 Å². The van der Waals surface area contributed by atoms with E-state index in [1.165, 1.54) is 12.8 Å². The van der Waals surface area contributed by atoms with Crippen LogP contribution in [0.1, 0.15) is 51.8 Å². The molecule has 1 saturated carbocycles. The van der Waals surface area contributed by atoms with Gasteiger partial charge >= 0.3 is 0 Å². The highest BCUT2D eigenvalue weighted by Crippen LogP contribution is 2.37. The Morgan fingerprint density at radius 3 is 2.65 bits per heavy atom. The number of hydrogen-bond donors (Lipinski definition) is 0. The highest BCUT2D eigenvalue weighted by atomic mass is 35.5. The first-order valence-corrected chi connectivity index (χ1v) is 11.5. The summed E-state index contributed by atoms with van der Waals surface area (Å²) in [6.07, 6.45) is 7.91. The van der Waals surface area contributed by atoms with E-state index in [1.807, 2.05) is 45.6 Å². The average Bonchev–Trinajstić information content (AvgIpc) is 3.16. The zero-order valence-electron chi connectivity index (χ0n) is 18.2. The summed E-state index contributed by atoms with van der Waals surface area (Å²) in [5.74, 6) is 1.11. The maximum absolute atomic E-state index is 13.5. The molecule has 0 amide bonds. The number of aryl methyl sites for hydroxylation is 1. The lowest BCUT2D eigenvalue weighted by molar-refractivity contribution is 0.183. The van der Waals surface area contributed by atoms with E-state index in [-0.39, 0.29) is 11.6 Å². The molecule has 1 aliphatic carbocycles. The molecule has 1 aromatic carbocycles. The van der Waals surface area contributed by atoms with Crippen LogP contribution >= 0.6 is 11.6 Å². The summed E-state index contributed by atoms with van der Waals surface area (Å²) in [6, 6.07) is 10.0. The van der Waals surface area contributed by atoms with Crippen LogP contribution in [0.25, 0.3) is 27.7 Å². The molecule has 0 spiro atoms. The number of nitrogens with zero attached hydrogens (tertiary/aromatic N) is 4. The predicted molar refractivity (Wildman–Crippen MR) is 126 cm³/mol. The highest BCUT2D eigenvalue weighted by molar-refractivity contribution is 6.30. The predicted octanol–water partition coefficient (Wildman–Crippen LogP) is 5.92. The van der Waals surface area contributed by atoms with E-state index in [0.29, 0.717) is 22.2 Å². The Morgan fingerprint density at radius 2 is 1.90 bits per heavy atom. The largest absolute Gasteiger partial charge is 0.311 e. The number of halogens is 1. The van der Waals surface area contributed by atoms with Crippen molar-refractivity contribution < 1.29 is 0 Å². The van der Waals surface area contributed by atoms with Gasteiger partial charge in [-0.3, -0.25) is 4.79 Å². The van der Waals surface area contributed by atoms with E-state index in [1.54, 1.807) is 6.20 Å². The van der Waals surface area contributed by atoms with Gasteiger partial charge in [0.2, 0.25) is 0 Å². The van der Waals surface area contributed by atoms with Crippen LogP contribution in [0.15, 0.2) is 47.5 Å². The van der Waals surface area contributed by atoms with Gasteiger partial charge in [0.15, 0.2) is 5.65 Å². The molecule has 5 nitrogen and oxygen atoms in total. The van der Waals surface area contributed by atoms with E-state index >= 15 is 0 Å². The van der Waals surface area contributed by atoms with Crippen molar-refractivity contribution in [2.24, 2.45) is 11.8 Å². The van der Waals surface area contributed by atoms with Crippen LogP contribution in [0.2, 0.25) is 5.02 Å².